The van der Waals surface area contributed by atoms with Crippen molar-refractivity contribution in [3.8, 4) is 0 Å². The molecule has 0 aliphatic rings. The largest absolute Gasteiger partial charge is 0.463 e. The molecule has 3 N–H and O–H groups in total. The number of urea groups is 1. The van der Waals surface area contributed by atoms with E-state index in [-0.39, 0.29) is 18.6 Å². The maximum absolute atomic E-state index is 11.9. The van der Waals surface area contributed by atoms with Crippen molar-refractivity contribution in [2.24, 2.45) is 0 Å². The van der Waals surface area contributed by atoms with Gasteiger partial charge in [0.25, 0.3) is 0 Å². The van der Waals surface area contributed by atoms with Crippen molar-refractivity contribution in [3.63, 3.8) is 0 Å². The summed E-state index contributed by atoms with van der Waals surface area (Å²) in [6.45, 7) is 5.46. The molecule has 0 radical (unpaired) electrons. The predicted molar refractivity (Wildman–Crippen MR) is 87.0 cm³/mol. The van der Waals surface area contributed by atoms with Crippen molar-refractivity contribution in [2.45, 2.75) is 38.8 Å². The van der Waals surface area contributed by atoms with Crippen LogP contribution in [0.1, 0.15) is 30.2 Å². The Morgan fingerprint density at radius 2 is 2.23 bits per heavy atom. The molecule has 2 rings (SSSR count). The Labute approximate surface area is 134 Å². The summed E-state index contributed by atoms with van der Waals surface area (Å²) in [5.74, 6) is 1.17. The van der Waals surface area contributed by atoms with E-state index in [1.807, 2.05) is 31.4 Å². The van der Waals surface area contributed by atoms with Crippen molar-refractivity contribution in [2.75, 3.05) is 6.54 Å². The molecule has 0 aromatic carbocycles. The summed E-state index contributed by atoms with van der Waals surface area (Å²) in [6, 6.07) is 7.27. The second kappa shape index (κ2) is 6.98. The number of amides is 2. The minimum Gasteiger partial charge on any atom is -0.463 e. The smallest absolute Gasteiger partial charge is 0.315 e. The molecule has 0 saturated carbocycles. The fourth-order valence-corrected chi connectivity index (χ4v) is 2.96. The summed E-state index contributed by atoms with van der Waals surface area (Å²) in [5.41, 5.74) is -1.23. The van der Waals surface area contributed by atoms with Crippen molar-refractivity contribution in [3.05, 3.63) is 46.0 Å². The van der Waals surface area contributed by atoms with E-state index in [1.165, 1.54) is 4.88 Å². The van der Waals surface area contributed by atoms with Gasteiger partial charge in [0, 0.05) is 17.3 Å². The van der Waals surface area contributed by atoms with Crippen LogP contribution in [0.3, 0.4) is 0 Å². The Morgan fingerprint density at radius 1 is 1.45 bits per heavy atom. The van der Waals surface area contributed by atoms with Gasteiger partial charge in [0.05, 0.1) is 6.54 Å². The van der Waals surface area contributed by atoms with Crippen LogP contribution in [0.25, 0.3) is 0 Å². The fourth-order valence-electron chi connectivity index (χ4n) is 2.12. The summed E-state index contributed by atoms with van der Waals surface area (Å²) < 4.78 is 5.41. The van der Waals surface area contributed by atoms with Gasteiger partial charge in [-0.1, -0.05) is 6.07 Å². The molecule has 0 fully saturated rings. The highest BCUT2D eigenvalue weighted by molar-refractivity contribution is 7.09. The highest BCUT2D eigenvalue weighted by Gasteiger charge is 2.27. The standard InChI is InChI=1S/C16H22N2O3S/c1-11(9-13-5-4-8-22-13)18-15(19)17-10-16(3,20)14-7-6-12(2)21-14/h4-8,11,20H,9-10H2,1-3H3,(H2,17,18,19)/t11-,16+/m1/s1. The second-order valence-corrected chi connectivity index (χ2v) is 6.73. The van der Waals surface area contributed by atoms with Gasteiger partial charge < -0.3 is 20.2 Å². The third kappa shape index (κ3) is 4.61. The first kappa shape index (κ1) is 16.6. The molecule has 2 aromatic rings. The lowest BCUT2D eigenvalue weighted by Crippen LogP contribution is -2.46. The molecule has 5 nitrogen and oxygen atoms in total. The van der Waals surface area contributed by atoms with Gasteiger partial charge in [-0.2, -0.15) is 0 Å². The Kier molecular flexibility index (Phi) is 5.26. The normalized spacial score (nSPS) is 15.1. The number of aliphatic hydroxyl groups is 1. The maximum atomic E-state index is 11.9. The van der Waals surface area contributed by atoms with E-state index in [2.05, 4.69) is 10.6 Å². The molecule has 2 aromatic heterocycles. The summed E-state index contributed by atoms with van der Waals surface area (Å²) in [5, 5.41) is 17.9. The Morgan fingerprint density at radius 3 is 2.82 bits per heavy atom. The molecule has 2 atom stereocenters. The van der Waals surface area contributed by atoms with Gasteiger partial charge in [-0.15, -0.1) is 11.3 Å². The van der Waals surface area contributed by atoms with Crippen LogP contribution in [0.2, 0.25) is 0 Å². The van der Waals surface area contributed by atoms with Gasteiger partial charge >= 0.3 is 6.03 Å². The van der Waals surface area contributed by atoms with Gasteiger partial charge in [0.2, 0.25) is 0 Å². The zero-order chi connectivity index (χ0) is 16.2. The molecule has 0 bridgehead atoms. The van der Waals surface area contributed by atoms with E-state index in [0.29, 0.717) is 5.76 Å². The number of rotatable bonds is 6. The molecular weight excluding hydrogens is 300 g/mol. The number of aryl methyl sites for hydroxylation is 1. The predicted octanol–water partition coefficient (Wildman–Crippen LogP) is 2.79. The second-order valence-electron chi connectivity index (χ2n) is 5.70. The minimum atomic E-state index is -1.23. The number of furan rings is 1. The minimum absolute atomic E-state index is 0.0226. The van der Waals surface area contributed by atoms with Crippen LogP contribution in [-0.2, 0) is 12.0 Å². The molecule has 0 spiro atoms. The number of carbonyl (C=O) groups is 1. The zero-order valence-electron chi connectivity index (χ0n) is 13.1. The van der Waals surface area contributed by atoms with Gasteiger partial charge in [-0.05, 0) is 44.4 Å². The highest BCUT2D eigenvalue weighted by atomic mass is 32.1. The quantitative estimate of drug-likeness (QED) is 0.765. The van der Waals surface area contributed by atoms with Crippen LogP contribution in [0.5, 0.6) is 0 Å². The molecular formula is C16H22N2O3S. The molecule has 0 aliphatic heterocycles. The number of hydrogen-bond donors (Lipinski definition) is 3. The van der Waals surface area contributed by atoms with Gasteiger partial charge in [0.1, 0.15) is 17.1 Å². The molecule has 2 heterocycles. The third-order valence-corrected chi connectivity index (χ3v) is 4.23. The van der Waals surface area contributed by atoms with E-state index in [9.17, 15) is 9.90 Å². The van der Waals surface area contributed by atoms with E-state index in [1.54, 1.807) is 30.4 Å². The van der Waals surface area contributed by atoms with Crippen LogP contribution in [-0.4, -0.2) is 23.7 Å². The van der Waals surface area contributed by atoms with Crippen LogP contribution in [0.15, 0.2) is 34.1 Å². The first-order valence-electron chi connectivity index (χ1n) is 7.23. The van der Waals surface area contributed by atoms with E-state index >= 15 is 0 Å². The third-order valence-electron chi connectivity index (χ3n) is 3.33. The monoisotopic (exact) mass is 322 g/mol. The number of carbonyl (C=O) groups excluding carboxylic acids is 1. The van der Waals surface area contributed by atoms with Crippen LogP contribution < -0.4 is 10.6 Å². The lowest BCUT2D eigenvalue weighted by molar-refractivity contribution is 0.0359. The van der Waals surface area contributed by atoms with Crippen LogP contribution in [0.4, 0.5) is 4.79 Å². The van der Waals surface area contributed by atoms with Gasteiger partial charge in [0.15, 0.2) is 0 Å². The van der Waals surface area contributed by atoms with Crippen LogP contribution in [0, 0.1) is 6.92 Å². The highest BCUT2D eigenvalue weighted by Crippen LogP contribution is 2.21. The SMILES string of the molecule is Cc1ccc([C@@](C)(O)CNC(=O)N[C@H](C)Cc2cccs2)o1. The Bertz CT molecular complexity index is 605. The Balaban J connectivity index is 1.79. The molecule has 2 amide bonds. The number of hydrogen-bond acceptors (Lipinski definition) is 4. The fraction of sp³-hybridized carbons (Fsp3) is 0.438. The summed E-state index contributed by atoms with van der Waals surface area (Å²) in [4.78, 5) is 13.1. The Hall–Kier alpha value is -1.79. The van der Waals surface area contributed by atoms with Crippen molar-refractivity contribution in [1.29, 1.82) is 0 Å². The van der Waals surface area contributed by atoms with E-state index < -0.39 is 5.60 Å². The maximum Gasteiger partial charge on any atom is 0.315 e. The summed E-state index contributed by atoms with van der Waals surface area (Å²) in [7, 11) is 0. The topological polar surface area (TPSA) is 74.5 Å². The van der Waals surface area contributed by atoms with Crippen molar-refractivity contribution >= 4 is 17.4 Å². The molecule has 6 heteroatoms. The molecule has 0 unspecified atom stereocenters. The lowest BCUT2D eigenvalue weighted by Gasteiger charge is -2.22. The average Bonchev–Trinajstić information content (AvgIpc) is 3.08. The summed E-state index contributed by atoms with van der Waals surface area (Å²) >= 11 is 1.67. The van der Waals surface area contributed by atoms with Crippen LogP contribution >= 0.6 is 11.3 Å². The zero-order valence-corrected chi connectivity index (χ0v) is 13.9. The van der Waals surface area contributed by atoms with Gasteiger partial charge in [-0.3, -0.25) is 0 Å². The van der Waals surface area contributed by atoms with E-state index in [0.717, 1.165) is 12.2 Å². The molecule has 120 valence electrons. The number of thiophene rings is 1. The van der Waals surface area contributed by atoms with Crippen molar-refractivity contribution < 1.29 is 14.3 Å². The van der Waals surface area contributed by atoms with Gasteiger partial charge in [-0.25, -0.2) is 4.79 Å². The summed E-state index contributed by atoms with van der Waals surface area (Å²) in [6.07, 6.45) is 0.791. The first-order valence-corrected chi connectivity index (χ1v) is 8.11. The van der Waals surface area contributed by atoms with E-state index in [4.69, 9.17) is 4.42 Å². The van der Waals surface area contributed by atoms with Crippen molar-refractivity contribution in [1.82, 2.24) is 10.6 Å². The first-order chi connectivity index (χ1) is 10.4. The molecule has 0 aliphatic carbocycles. The lowest BCUT2D eigenvalue weighted by atomic mass is 10.0. The molecule has 0 saturated heterocycles. The number of nitrogens with one attached hydrogen (secondary N) is 2. The molecule has 22 heavy (non-hydrogen) atoms. The average molecular weight is 322 g/mol.